The molecule has 0 bridgehead atoms. The van der Waals surface area contributed by atoms with Gasteiger partial charge < -0.3 is 20.3 Å². The van der Waals surface area contributed by atoms with E-state index in [1.165, 1.54) is 0 Å². The number of halogens is 2. The predicted octanol–water partition coefficient (Wildman–Crippen LogP) is 2.37. The molecular formula is C20H24F2N4O3. The molecule has 1 aromatic carbocycles. The average molecular weight is 406 g/mol. The maximum absolute atomic E-state index is 13.3. The van der Waals surface area contributed by atoms with Gasteiger partial charge in [-0.25, -0.2) is 8.78 Å². The van der Waals surface area contributed by atoms with E-state index in [1.807, 2.05) is 24.3 Å². The number of alkyl halides is 2. The third-order valence-corrected chi connectivity index (χ3v) is 5.66. The van der Waals surface area contributed by atoms with Crippen LogP contribution in [0.5, 0.6) is 0 Å². The van der Waals surface area contributed by atoms with Gasteiger partial charge in [0, 0.05) is 30.9 Å². The molecule has 3 N–H and O–H groups in total. The van der Waals surface area contributed by atoms with Crippen molar-refractivity contribution in [1.29, 1.82) is 0 Å². The van der Waals surface area contributed by atoms with Gasteiger partial charge in [-0.2, -0.15) is 4.98 Å². The monoisotopic (exact) mass is 406 g/mol. The van der Waals surface area contributed by atoms with Crippen LogP contribution in [0, 0.1) is 0 Å². The molecule has 2 fully saturated rings. The van der Waals surface area contributed by atoms with Crippen molar-refractivity contribution in [2.75, 3.05) is 6.54 Å². The third kappa shape index (κ3) is 4.62. The van der Waals surface area contributed by atoms with E-state index in [-0.39, 0.29) is 24.7 Å². The molecule has 1 aliphatic heterocycles. The number of benzene rings is 1. The Morgan fingerprint density at radius 1 is 1.24 bits per heavy atom. The molecule has 4 rings (SSSR count). The fraction of sp³-hybridized carbons (Fsp3) is 0.550. The SMILES string of the molecule is O=C(NCc1ccc(-c2noc(C3CCC(F)(F)CC3)n2)cc1)C1NCCC1O. The number of aliphatic hydroxyl groups is 1. The topological polar surface area (TPSA) is 100 Å². The van der Waals surface area contributed by atoms with Gasteiger partial charge in [-0.15, -0.1) is 0 Å². The van der Waals surface area contributed by atoms with Crippen LogP contribution in [0.1, 0.15) is 49.5 Å². The van der Waals surface area contributed by atoms with Gasteiger partial charge in [-0.05, 0) is 31.4 Å². The minimum absolute atomic E-state index is 0.120. The molecule has 1 saturated heterocycles. The number of carbonyl (C=O) groups excluding carboxylic acids is 1. The van der Waals surface area contributed by atoms with Crippen LogP contribution < -0.4 is 10.6 Å². The van der Waals surface area contributed by atoms with E-state index in [0.29, 0.717) is 44.1 Å². The van der Waals surface area contributed by atoms with E-state index in [1.54, 1.807) is 0 Å². The molecule has 1 amide bonds. The number of hydrogen-bond donors (Lipinski definition) is 3. The van der Waals surface area contributed by atoms with Gasteiger partial charge in [0.15, 0.2) is 0 Å². The fourth-order valence-corrected chi connectivity index (χ4v) is 3.83. The van der Waals surface area contributed by atoms with Gasteiger partial charge in [-0.3, -0.25) is 4.79 Å². The highest BCUT2D eigenvalue weighted by atomic mass is 19.3. The highest BCUT2D eigenvalue weighted by Crippen LogP contribution is 2.40. The van der Waals surface area contributed by atoms with Crippen LogP contribution in [-0.2, 0) is 11.3 Å². The molecule has 2 aromatic rings. The van der Waals surface area contributed by atoms with Crippen LogP contribution in [0.4, 0.5) is 8.78 Å². The Bertz CT molecular complexity index is 846. The Morgan fingerprint density at radius 2 is 1.97 bits per heavy atom. The molecule has 2 atom stereocenters. The van der Waals surface area contributed by atoms with E-state index in [4.69, 9.17) is 4.52 Å². The lowest BCUT2D eigenvalue weighted by Gasteiger charge is -2.25. The zero-order chi connectivity index (χ0) is 20.4. The van der Waals surface area contributed by atoms with E-state index in [0.717, 1.165) is 11.1 Å². The van der Waals surface area contributed by atoms with Gasteiger partial charge in [-0.1, -0.05) is 29.4 Å². The van der Waals surface area contributed by atoms with Crippen molar-refractivity contribution in [3.8, 4) is 11.4 Å². The normalized spacial score (nSPS) is 24.5. The first kappa shape index (κ1) is 19.9. The number of aromatic nitrogens is 2. The Hall–Kier alpha value is -2.39. The maximum atomic E-state index is 13.3. The van der Waals surface area contributed by atoms with Crippen LogP contribution in [0.3, 0.4) is 0 Å². The van der Waals surface area contributed by atoms with Crippen LogP contribution in [0.15, 0.2) is 28.8 Å². The van der Waals surface area contributed by atoms with Crippen LogP contribution in [0.25, 0.3) is 11.4 Å². The summed E-state index contributed by atoms with van der Waals surface area (Å²) >= 11 is 0. The summed E-state index contributed by atoms with van der Waals surface area (Å²) in [6, 6.07) is 6.80. The second-order valence-corrected chi connectivity index (χ2v) is 7.79. The molecule has 2 heterocycles. The predicted molar refractivity (Wildman–Crippen MR) is 100 cm³/mol. The third-order valence-electron chi connectivity index (χ3n) is 5.66. The summed E-state index contributed by atoms with van der Waals surface area (Å²) in [6.07, 6.45) is 0.311. The summed E-state index contributed by atoms with van der Waals surface area (Å²) in [5.74, 6) is -2.10. The largest absolute Gasteiger partial charge is 0.391 e. The molecule has 156 valence electrons. The second-order valence-electron chi connectivity index (χ2n) is 7.79. The summed E-state index contributed by atoms with van der Waals surface area (Å²) in [6.45, 7) is 0.974. The fourth-order valence-electron chi connectivity index (χ4n) is 3.83. The summed E-state index contributed by atoms with van der Waals surface area (Å²) in [4.78, 5) is 16.5. The average Bonchev–Trinajstić information content (AvgIpc) is 3.36. The first-order valence-electron chi connectivity index (χ1n) is 9.91. The van der Waals surface area contributed by atoms with Crippen molar-refractivity contribution >= 4 is 5.91 Å². The zero-order valence-electron chi connectivity index (χ0n) is 15.9. The van der Waals surface area contributed by atoms with Gasteiger partial charge in [0.2, 0.25) is 23.5 Å². The van der Waals surface area contributed by atoms with Crippen LogP contribution in [0.2, 0.25) is 0 Å². The number of carbonyl (C=O) groups is 1. The van der Waals surface area contributed by atoms with Crippen LogP contribution in [-0.4, -0.2) is 45.8 Å². The Morgan fingerprint density at radius 3 is 2.62 bits per heavy atom. The molecule has 2 aliphatic rings. The lowest BCUT2D eigenvalue weighted by molar-refractivity contribution is -0.124. The summed E-state index contributed by atoms with van der Waals surface area (Å²) in [5, 5.41) is 19.5. The molecule has 1 saturated carbocycles. The van der Waals surface area contributed by atoms with Crippen molar-refractivity contribution < 1.29 is 23.2 Å². The number of aliphatic hydroxyl groups excluding tert-OH is 1. The second kappa shape index (κ2) is 8.16. The van der Waals surface area contributed by atoms with E-state index < -0.39 is 18.1 Å². The smallest absolute Gasteiger partial charge is 0.248 e. The standard InChI is InChI=1S/C20H24F2N4O3/c21-20(22)8-5-14(6-9-20)19-25-17(26-29-19)13-3-1-12(2-4-13)11-24-18(28)16-15(27)7-10-23-16/h1-4,14-16,23,27H,5-11H2,(H,24,28). The highest BCUT2D eigenvalue weighted by Gasteiger charge is 2.37. The van der Waals surface area contributed by atoms with Crippen LogP contribution >= 0.6 is 0 Å². The molecule has 29 heavy (non-hydrogen) atoms. The number of rotatable bonds is 5. The first-order chi connectivity index (χ1) is 13.9. The van der Waals surface area contributed by atoms with Crippen molar-refractivity contribution in [3.63, 3.8) is 0 Å². The summed E-state index contributed by atoms with van der Waals surface area (Å²) in [5.41, 5.74) is 1.65. The van der Waals surface area contributed by atoms with E-state index >= 15 is 0 Å². The minimum Gasteiger partial charge on any atom is -0.391 e. The van der Waals surface area contributed by atoms with Gasteiger partial charge in [0.05, 0.1) is 6.10 Å². The van der Waals surface area contributed by atoms with Crippen molar-refractivity contribution in [1.82, 2.24) is 20.8 Å². The van der Waals surface area contributed by atoms with E-state index in [9.17, 15) is 18.7 Å². The van der Waals surface area contributed by atoms with Gasteiger partial charge in [0.25, 0.3) is 0 Å². The number of nitrogens with zero attached hydrogens (tertiary/aromatic N) is 2. The molecule has 2 unspecified atom stereocenters. The van der Waals surface area contributed by atoms with Crippen molar-refractivity contribution in [2.24, 2.45) is 0 Å². The van der Waals surface area contributed by atoms with E-state index in [2.05, 4.69) is 20.8 Å². The first-order valence-corrected chi connectivity index (χ1v) is 9.91. The Kier molecular flexibility index (Phi) is 5.60. The maximum Gasteiger partial charge on any atom is 0.248 e. The molecule has 0 spiro atoms. The van der Waals surface area contributed by atoms with Crippen molar-refractivity contribution in [3.05, 3.63) is 35.7 Å². The lowest BCUT2D eigenvalue weighted by atomic mass is 9.87. The summed E-state index contributed by atoms with van der Waals surface area (Å²) in [7, 11) is 0. The van der Waals surface area contributed by atoms with Gasteiger partial charge in [0.1, 0.15) is 6.04 Å². The minimum atomic E-state index is -2.59. The molecular weight excluding hydrogens is 382 g/mol. The summed E-state index contributed by atoms with van der Waals surface area (Å²) < 4.78 is 31.9. The van der Waals surface area contributed by atoms with Gasteiger partial charge >= 0.3 is 0 Å². The Labute approximate surface area is 166 Å². The molecule has 9 heteroatoms. The zero-order valence-corrected chi connectivity index (χ0v) is 15.9. The highest BCUT2D eigenvalue weighted by molar-refractivity contribution is 5.82. The number of amides is 1. The lowest BCUT2D eigenvalue weighted by Crippen LogP contribution is -2.45. The molecule has 7 nitrogen and oxygen atoms in total. The van der Waals surface area contributed by atoms with Crippen molar-refractivity contribution in [2.45, 2.75) is 62.6 Å². The quantitative estimate of drug-likeness (QED) is 0.705. The molecule has 1 aliphatic carbocycles. The molecule has 1 aromatic heterocycles. The number of hydrogen-bond acceptors (Lipinski definition) is 6. The Balaban J connectivity index is 1.33. The molecule has 0 radical (unpaired) electrons. The number of nitrogens with one attached hydrogen (secondary N) is 2.